The van der Waals surface area contributed by atoms with E-state index in [1.54, 1.807) is 27.9 Å². The monoisotopic (exact) mass is 440 g/mol. The van der Waals surface area contributed by atoms with E-state index in [1.807, 2.05) is 18.2 Å². The molecule has 2 amide bonds. The molecule has 0 radical (unpaired) electrons. The molecule has 8 heteroatoms. The fourth-order valence-electron chi connectivity index (χ4n) is 4.90. The van der Waals surface area contributed by atoms with Gasteiger partial charge in [0.05, 0.1) is 33.4 Å². The van der Waals surface area contributed by atoms with Gasteiger partial charge in [0.2, 0.25) is 5.91 Å². The molecule has 2 aromatic heterocycles. The van der Waals surface area contributed by atoms with Crippen LogP contribution in [0.1, 0.15) is 42.5 Å². The van der Waals surface area contributed by atoms with Gasteiger partial charge in [0.25, 0.3) is 5.91 Å². The number of nitrogens with zero attached hydrogens (tertiary/aromatic N) is 3. The van der Waals surface area contributed by atoms with Crippen molar-refractivity contribution in [3.05, 3.63) is 65.2 Å². The van der Waals surface area contributed by atoms with Gasteiger partial charge in [-0.2, -0.15) is 5.10 Å². The minimum Gasteiger partial charge on any atom is -0.349 e. The van der Waals surface area contributed by atoms with E-state index < -0.39 is 11.2 Å². The van der Waals surface area contributed by atoms with Gasteiger partial charge in [0.15, 0.2) is 0 Å². The van der Waals surface area contributed by atoms with Gasteiger partial charge in [0.1, 0.15) is 5.82 Å². The van der Waals surface area contributed by atoms with Crippen molar-refractivity contribution in [3.63, 3.8) is 0 Å². The molecule has 1 aromatic carbocycles. The molecule has 2 aliphatic rings. The Morgan fingerprint density at radius 2 is 2.00 bits per heavy atom. The number of carbonyl (C=O) groups is 2. The number of fused-ring (bicyclic) bond motifs is 1. The van der Waals surface area contributed by atoms with Crippen LogP contribution in [0, 0.1) is 11.2 Å². The smallest absolute Gasteiger partial charge is 0.255 e. The lowest BCUT2D eigenvalue weighted by Gasteiger charge is -2.36. The number of amides is 2. The highest BCUT2D eigenvalue weighted by atomic mass is 35.5. The predicted octanol–water partition coefficient (Wildman–Crippen LogP) is 4.22. The molecular formula is C23H22ClFN4O2. The molecule has 1 spiro atoms. The van der Waals surface area contributed by atoms with Crippen LogP contribution in [0.2, 0.25) is 5.02 Å². The number of nitrogens with one attached hydrogen (secondary N) is 1. The molecule has 160 valence electrons. The number of aromatic nitrogens is 2. The van der Waals surface area contributed by atoms with E-state index in [4.69, 9.17) is 11.6 Å². The summed E-state index contributed by atoms with van der Waals surface area (Å²) in [5.74, 6) is -0.509. The van der Waals surface area contributed by atoms with Crippen molar-refractivity contribution in [2.75, 3.05) is 11.4 Å². The predicted molar refractivity (Wildman–Crippen MR) is 116 cm³/mol. The molecule has 5 rings (SSSR count). The second-order valence-corrected chi connectivity index (χ2v) is 8.83. The molecule has 0 bridgehead atoms. The number of carbonyl (C=O) groups excluding carboxylic acids is 2. The van der Waals surface area contributed by atoms with Crippen LogP contribution in [0.25, 0.3) is 5.52 Å². The van der Waals surface area contributed by atoms with E-state index in [2.05, 4.69) is 10.4 Å². The first kappa shape index (κ1) is 20.0. The molecule has 1 saturated carbocycles. The van der Waals surface area contributed by atoms with Crippen molar-refractivity contribution in [2.24, 2.45) is 5.41 Å². The average Bonchev–Trinajstić information content (AvgIpc) is 3.33. The van der Waals surface area contributed by atoms with E-state index in [1.165, 1.54) is 12.1 Å². The van der Waals surface area contributed by atoms with Gasteiger partial charge in [-0.1, -0.05) is 17.7 Å². The summed E-state index contributed by atoms with van der Waals surface area (Å²) in [4.78, 5) is 27.7. The zero-order valence-electron chi connectivity index (χ0n) is 16.9. The number of hydrogen-bond donors (Lipinski definition) is 1. The van der Waals surface area contributed by atoms with Crippen LogP contribution in [0.4, 0.5) is 10.1 Å². The SMILES string of the molecule is O=C(N[C@H]1CC[C@@]2(CCN(c3ccc(F)cc3Cl)C2=O)CC1)c1cnn2ccccc12. The van der Waals surface area contributed by atoms with Gasteiger partial charge in [-0.05, 0) is 62.4 Å². The molecule has 31 heavy (non-hydrogen) atoms. The summed E-state index contributed by atoms with van der Waals surface area (Å²) < 4.78 is 15.1. The van der Waals surface area contributed by atoms with Gasteiger partial charge in [0, 0.05) is 18.8 Å². The third kappa shape index (κ3) is 3.47. The number of hydrogen-bond acceptors (Lipinski definition) is 3. The molecule has 1 saturated heterocycles. The lowest BCUT2D eigenvalue weighted by molar-refractivity contribution is -0.127. The zero-order chi connectivity index (χ0) is 21.6. The van der Waals surface area contributed by atoms with Crippen LogP contribution >= 0.6 is 11.6 Å². The molecule has 3 heterocycles. The molecule has 1 aliphatic heterocycles. The Kier molecular flexibility index (Phi) is 4.93. The van der Waals surface area contributed by atoms with Crippen LogP contribution in [0.15, 0.2) is 48.8 Å². The van der Waals surface area contributed by atoms with Gasteiger partial charge < -0.3 is 10.2 Å². The van der Waals surface area contributed by atoms with Gasteiger partial charge in [-0.3, -0.25) is 9.59 Å². The Morgan fingerprint density at radius 1 is 1.19 bits per heavy atom. The highest BCUT2D eigenvalue weighted by Gasteiger charge is 2.49. The first-order chi connectivity index (χ1) is 15.0. The van der Waals surface area contributed by atoms with E-state index >= 15 is 0 Å². The molecule has 2 fully saturated rings. The van der Waals surface area contributed by atoms with Gasteiger partial charge >= 0.3 is 0 Å². The number of pyridine rings is 1. The Morgan fingerprint density at radius 3 is 2.77 bits per heavy atom. The van der Waals surface area contributed by atoms with Crippen LogP contribution in [0.5, 0.6) is 0 Å². The van der Waals surface area contributed by atoms with E-state index in [0.717, 1.165) is 24.8 Å². The Labute approximate surface area is 184 Å². The summed E-state index contributed by atoms with van der Waals surface area (Å²) in [5.41, 5.74) is 1.46. The third-order valence-electron chi connectivity index (χ3n) is 6.66. The van der Waals surface area contributed by atoms with E-state index in [9.17, 15) is 14.0 Å². The summed E-state index contributed by atoms with van der Waals surface area (Å²) in [5, 5.41) is 7.58. The van der Waals surface area contributed by atoms with Crippen molar-refractivity contribution < 1.29 is 14.0 Å². The summed E-state index contributed by atoms with van der Waals surface area (Å²) in [7, 11) is 0. The number of rotatable bonds is 3. The summed E-state index contributed by atoms with van der Waals surface area (Å²) in [6, 6.07) is 9.76. The zero-order valence-corrected chi connectivity index (χ0v) is 17.6. The largest absolute Gasteiger partial charge is 0.349 e. The highest BCUT2D eigenvalue weighted by molar-refractivity contribution is 6.34. The average molecular weight is 441 g/mol. The molecule has 3 aromatic rings. The molecule has 1 N–H and O–H groups in total. The topological polar surface area (TPSA) is 66.7 Å². The standard InChI is InChI=1S/C23H22ClFN4O2/c24-18-13-15(25)4-5-20(18)28-12-10-23(22(28)31)8-6-16(7-9-23)27-21(30)17-14-26-29-11-2-1-3-19(17)29/h1-5,11,13-14,16H,6-10,12H2,(H,27,30)/t16-,23-. The fourth-order valence-corrected chi connectivity index (χ4v) is 5.17. The quantitative estimate of drug-likeness (QED) is 0.663. The van der Waals surface area contributed by atoms with Crippen molar-refractivity contribution in [1.82, 2.24) is 14.9 Å². The first-order valence-electron chi connectivity index (χ1n) is 10.5. The number of benzene rings is 1. The van der Waals surface area contributed by atoms with E-state index in [0.29, 0.717) is 30.6 Å². The maximum atomic E-state index is 13.4. The van der Waals surface area contributed by atoms with Crippen LogP contribution in [-0.2, 0) is 4.79 Å². The maximum absolute atomic E-state index is 13.4. The van der Waals surface area contributed by atoms with Crippen molar-refractivity contribution >= 4 is 34.6 Å². The van der Waals surface area contributed by atoms with Crippen molar-refractivity contribution in [1.29, 1.82) is 0 Å². The second-order valence-electron chi connectivity index (χ2n) is 8.42. The highest BCUT2D eigenvalue weighted by Crippen LogP contribution is 2.47. The molecule has 6 nitrogen and oxygen atoms in total. The Balaban J connectivity index is 1.25. The normalized spacial score (nSPS) is 23.6. The van der Waals surface area contributed by atoms with E-state index in [-0.39, 0.29) is 22.9 Å². The summed E-state index contributed by atoms with van der Waals surface area (Å²) in [6.07, 6.45) is 7.03. The third-order valence-corrected chi connectivity index (χ3v) is 6.97. The molecule has 0 unspecified atom stereocenters. The molecule has 0 atom stereocenters. The number of halogens is 2. The Hall–Kier alpha value is -2.93. The lowest BCUT2D eigenvalue weighted by atomic mass is 9.71. The lowest BCUT2D eigenvalue weighted by Crippen LogP contribution is -2.43. The molecule has 1 aliphatic carbocycles. The second kappa shape index (κ2) is 7.64. The minimum atomic E-state index is -0.427. The first-order valence-corrected chi connectivity index (χ1v) is 10.8. The van der Waals surface area contributed by atoms with Gasteiger partial charge in [-0.15, -0.1) is 0 Å². The van der Waals surface area contributed by atoms with Crippen LogP contribution in [0.3, 0.4) is 0 Å². The van der Waals surface area contributed by atoms with Crippen LogP contribution in [-0.4, -0.2) is 34.0 Å². The van der Waals surface area contributed by atoms with Crippen molar-refractivity contribution in [2.45, 2.75) is 38.1 Å². The minimum absolute atomic E-state index is 0.0213. The fraction of sp³-hybridized carbons (Fsp3) is 0.348. The molecular weight excluding hydrogens is 419 g/mol. The number of anilines is 1. The maximum Gasteiger partial charge on any atom is 0.255 e. The summed E-state index contributed by atoms with van der Waals surface area (Å²) >= 11 is 6.18. The van der Waals surface area contributed by atoms with Crippen molar-refractivity contribution in [3.8, 4) is 0 Å². The van der Waals surface area contributed by atoms with Crippen LogP contribution < -0.4 is 10.2 Å². The Bertz CT molecular complexity index is 1170. The van der Waals surface area contributed by atoms with Gasteiger partial charge in [-0.25, -0.2) is 8.91 Å². The summed E-state index contributed by atoms with van der Waals surface area (Å²) in [6.45, 7) is 0.573.